The number of carbonyl (C=O) groups excluding carboxylic acids is 1. The molecule has 4 nitrogen and oxygen atoms in total. The molecule has 3 atom stereocenters. The fraction of sp³-hybridized carbons (Fsp3) is 0.833. The lowest BCUT2D eigenvalue weighted by Gasteiger charge is -2.14. The molecular formula is C6H12O4S. The molecule has 0 saturated carbocycles. The van der Waals surface area contributed by atoms with Crippen LogP contribution in [0.15, 0.2) is 0 Å². The summed E-state index contributed by atoms with van der Waals surface area (Å²) in [4.78, 5) is 10.8. The van der Waals surface area contributed by atoms with Crippen molar-refractivity contribution in [3.05, 3.63) is 0 Å². The van der Waals surface area contributed by atoms with E-state index in [-0.39, 0.29) is 5.75 Å². The average Bonchev–Trinajstić information content (AvgIpc) is 2.00. The summed E-state index contributed by atoms with van der Waals surface area (Å²) < 4.78 is 0. The monoisotopic (exact) mass is 180 g/mol. The van der Waals surface area contributed by atoms with Crippen molar-refractivity contribution in [1.29, 1.82) is 0 Å². The van der Waals surface area contributed by atoms with Crippen LogP contribution in [0.5, 0.6) is 0 Å². The smallest absolute Gasteiger partial charge is 0.193 e. The lowest BCUT2D eigenvalue weighted by atomic mass is 10.1. The van der Waals surface area contributed by atoms with Gasteiger partial charge in [-0.05, 0) is 6.92 Å². The Bertz CT molecular complexity index is 137. The molecule has 11 heavy (non-hydrogen) atoms. The van der Waals surface area contributed by atoms with Crippen molar-refractivity contribution in [2.45, 2.75) is 25.2 Å². The van der Waals surface area contributed by atoms with E-state index in [9.17, 15) is 4.79 Å². The molecule has 0 aromatic heterocycles. The number of Topliss-reactive ketones (excluding diaryl/α,β-unsaturated/α-hetero) is 1. The predicted molar refractivity (Wildman–Crippen MR) is 42.6 cm³/mol. The molecule has 0 radical (unpaired) electrons. The van der Waals surface area contributed by atoms with E-state index < -0.39 is 24.1 Å². The molecule has 2 unspecified atom stereocenters. The highest BCUT2D eigenvalue weighted by Crippen LogP contribution is 1.99. The molecule has 0 aliphatic carbocycles. The van der Waals surface area contributed by atoms with Crippen LogP contribution in [-0.2, 0) is 4.79 Å². The van der Waals surface area contributed by atoms with Gasteiger partial charge < -0.3 is 15.3 Å². The zero-order valence-corrected chi connectivity index (χ0v) is 7.03. The van der Waals surface area contributed by atoms with Crippen LogP contribution in [0, 0.1) is 0 Å². The van der Waals surface area contributed by atoms with Crippen molar-refractivity contribution in [2.75, 3.05) is 5.75 Å². The fourth-order valence-electron chi connectivity index (χ4n) is 0.525. The molecule has 0 heterocycles. The van der Waals surface area contributed by atoms with Crippen LogP contribution >= 0.6 is 12.6 Å². The van der Waals surface area contributed by atoms with Crippen LogP contribution in [0.25, 0.3) is 0 Å². The molecule has 0 bridgehead atoms. The van der Waals surface area contributed by atoms with Crippen molar-refractivity contribution in [1.82, 2.24) is 0 Å². The zero-order chi connectivity index (χ0) is 9.02. The molecule has 0 aromatic carbocycles. The van der Waals surface area contributed by atoms with Gasteiger partial charge in [-0.1, -0.05) is 0 Å². The Hall–Kier alpha value is -0.100. The Labute approximate surface area is 70.3 Å². The van der Waals surface area contributed by atoms with Crippen molar-refractivity contribution in [3.63, 3.8) is 0 Å². The van der Waals surface area contributed by atoms with Crippen molar-refractivity contribution in [3.8, 4) is 0 Å². The number of rotatable bonds is 4. The van der Waals surface area contributed by atoms with Gasteiger partial charge in [-0.3, -0.25) is 4.79 Å². The Balaban J connectivity index is 4.02. The minimum atomic E-state index is -1.52. The van der Waals surface area contributed by atoms with Gasteiger partial charge in [0.05, 0.1) is 6.10 Å². The fourth-order valence-corrected chi connectivity index (χ4v) is 0.705. The summed E-state index contributed by atoms with van der Waals surface area (Å²) in [6.45, 7) is 1.27. The van der Waals surface area contributed by atoms with E-state index >= 15 is 0 Å². The molecular weight excluding hydrogens is 168 g/mol. The van der Waals surface area contributed by atoms with Crippen molar-refractivity contribution in [2.24, 2.45) is 0 Å². The van der Waals surface area contributed by atoms with E-state index in [0.29, 0.717) is 0 Å². The summed E-state index contributed by atoms with van der Waals surface area (Å²) in [5.41, 5.74) is 0. The van der Waals surface area contributed by atoms with Gasteiger partial charge in [-0.15, -0.1) is 0 Å². The Kier molecular flexibility index (Phi) is 4.67. The van der Waals surface area contributed by atoms with Gasteiger partial charge in [0.1, 0.15) is 12.2 Å². The molecule has 0 aromatic rings. The number of thiol groups is 1. The van der Waals surface area contributed by atoms with Crippen LogP contribution < -0.4 is 0 Å². The summed E-state index contributed by atoms with van der Waals surface area (Å²) in [5.74, 6) is -0.849. The van der Waals surface area contributed by atoms with Crippen LogP contribution in [0.1, 0.15) is 6.92 Å². The van der Waals surface area contributed by atoms with E-state index in [0.717, 1.165) is 0 Å². The highest BCUT2D eigenvalue weighted by molar-refractivity contribution is 7.80. The summed E-state index contributed by atoms with van der Waals surface area (Å²) in [7, 11) is 0. The molecule has 0 spiro atoms. The second-order valence-electron chi connectivity index (χ2n) is 2.29. The highest BCUT2D eigenvalue weighted by Gasteiger charge is 2.25. The van der Waals surface area contributed by atoms with E-state index in [1.807, 2.05) is 0 Å². The Morgan fingerprint density at radius 1 is 1.45 bits per heavy atom. The van der Waals surface area contributed by atoms with Gasteiger partial charge in [0, 0.05) is 5.75 Å². The summed E-state index contributed by atoms with van der Waals surface area (Å²) in [6, 6.07) is 0. The van der Waals surface area contributed by atoms with Crippen LogP contribution in [0.4, 0.5) is 0 Å². The lowest BCUT2D eigenvalue weighted by molar-refractivity contribution is -0.139. The third-order valence-corrected chi connectivity index (χ3v) is 1.60. The van der Waals surface area contributed by atoms with Crippen LogP contribution in [0.2, 0.25) is 0 Å². The maximum atomic E-state index is 10.8. The summed E-state index contributed by atoms with van der Waals surface area (Å²) in [5, 5.41) is 26.5. The number of hydrogen-bond acceptors (Lipinski definition) is 5. The lowest BCUT2D eigenvalue weighted by Crippen LogP contribution is -2.39. The molecule has 66 valence electrons. The second-order valence-corrected chi connectivity index (χ2v) is 2.65. The van der Waals surface area contributed by atoms with Gasteiger partial charge in [-0.25, -0.2) is 0 Å². The maximum Gasteiger partial charge on any atom is 0.193 e. The number of ketones is 1. The van der Waals surface area contributed by atoms with Gasteiger partial charge >= 0.3 is 0 Å². The second kappa shape index (κ2) is 4.71. The first kappa shape index (κ1) is 10.9. The molecule has 3 N–H and O–H groups in total. The van der Waals surface area contributed by atoms with Crippen LogP contribution in [-0.4, -0.2) is 45.2 Å². The van der Waals surface area contributed by atoms with E-state index in [1.165, 1.54) is 6.92 Å². The van der Waals surface area contributed by atoms with Crippen LogP contribution in [0.3, 0.4) is 0 Å². The topological polar surface area (TPSA) is 77.8 Å². The quantitative estimate of drug-likeness (QED) is 0.401. The number of aliphatic hydroxyl groups excluding tert-OH is 3. The maximum absolute atomic E-state index is 10.8. The van der Waals surface area contributed by atoms with E-state index in [4.69, 9.17) is 15.3 Å². The largest absolute Gasteiger partial charge is 0.390 e. The first-order valence-electron chi connectivity index (χ1n) is 3.19. The molecule has 0 aliphatic rings. The number of hydrogen-bond donors (Lipinski definition) is 4. The zero-order valence-electron chi connectivity index (χ0n) is 6.14. The molecule has 0 rings (SSSR count). The molecule has 0 amide bonds. The van der Waals surface area contributed by atoms with Gasteiger partial charge in [0.25, 0.3) is 0 Å². The summed E-state index contributed by atoms with van der Waals surface area (Å²) >= 11 is 3.65. The molecule has 0 saturated heterocycles. The SMILES string of the molecule is CC(O)[C@@H](O)C(=O)C(O)CS. The van der Waals surface area contributed by atoms with Crippen molar-refractivity contribution >= 4 is 18.4 Å². The van der Waals surface area contributed by atoms with Gasteiger partial charge in [0.15, 0.2) is 5.78 Å². The Morgan fingerprint density at radius 3 is 2.18 bits per heavy atom. The van der Waals surface area contributed by atoms with E-state index in [2.05, 4.69) is 12.6 Å². The molecule has 0 fully saturated rings. The van der Waals surface area contributed by atoms with E-state index in [1.54, 1.807) is 0 Å². The average molecular weight is 180 g/mol. The van der Waals surface area contributed by atoms with Gasteiger partial charge in [0.2, 0.25) is 0 Å². The number of carbonyl (C=O) groups is 1. The van der Waals surface area contributed by atoms with Crippen molar-refractivity contribution < 1.29 is 20.1 Å². The molecule has 0 aliphatic heterocycles. The minimum Gasteiger partial charge on any atom is -0.390 e. The first-order chi connectivity index (χ1) is 5.00. The highest BCUT2D eigenvalue weighted by atomic mass is 32.1. The molecule has 5 heteroatoms. The van der Waals surface area contributed by atoms with Gasteiger partial charge in [-0.2, -0.15) is 12.6 Å². The predicted octanol–water partition coefficient (Wildman–Crippen LogP) is -1.41. The first-order valence-corrected chi connectivity index (χ1v) is 3.82. The third-order valence-electron chi connectivity index (χ3n) is 1.25. The third kappa shape index (κ3) is 3.20. The standard InChI is InChI=1S/C6H12O4S/c1-3(7)5(9)6(10)4(8)2-11/h3-5,7-9,11H,2H2,1H3/t3?,4?,5-/m1/s1. The normalized spacial score (nSPS) is 19.0. The number of aliphatic hydroxyl groups is 3. The minimum absolute atomic E-state index is 0.0530. The Morgan fingerprint density at radius 2 is 1.91 bits per heavy atom. The summed E-state index contributed by atoms with van der Waals surface area (Å²) in [6.07, 6.45) is -3.97.